The van der Waals surface area contributed by atoms with E-state index >= 15 is 0 Å². The third-order valence-corrected chi connectivity index (χ3v) is 5.47. The first-order valence-corrected chi connectivity index (χ1v) is 9.81. The van der Waals surface area contributed by atoms with E-state index in [0.29, 0.717) is 31.0 Å². The van der Waals surface area contributed by atoms with E-state index in [-0.39, 0.29) is 30.0 Å². The van der Waals surface area contributed by atoms with Crippen molar-refractivity contribution in [3.05, 3.63) is 24.3 Å². The third kappa shape index (κ3) is 6.81. The summed E-state index contributed by atoms with van der Waals surface area (Å²) in [6.45, 7) is 3.08. The fraction of sp³-hybridized carbons (Fsp3) is 0.562. The zero-order chi connectivity index (χ0) is 17.6. The van der Waals surface area contributed by atoms with Crippen molar-refractivity contribution in [2.24, 2.45) is 11.7 Å². The topological polar surface area (TPSA) is 111 Å². The number of nitrogens with two attached hydrogens (primary N) is 1. The van der Waals surface area contributed by atoms with Gasteiger partial charge in [-0.15, -0.1) is 12.4 Å². The highest BCUT2D eigenvalue weighted by Crippen LogP contribution is 2.20. The Labute approximate surface area is 155 Å². The molecule has 1 aliphatic rings. The van der Waals surface area contributed by atoms with Crippen molar-refractivity contribution in [1.82, 2.24) is 0 Å². The van der Waals surface area contributed by atoms with Crippen molar-refractivity contribution in [2.45, 2.75) is 32.2 Å². The molecule has 0 aliphatic carbocycles. The van der Waals surface area contributed by atoms with Crippen LogP contribution in [0.4, 0.5) is 11.4 Å². The minimum atomic E-state index is -3.32. The molecule has 7 nitrogen and oxygen atoms in total. The van der Waals surface area contributed by atoms with Crippen LogP contribution in [0.3, 0.4) is 0 Å². The van der Waals surface area contributed by atoms with Crippen molar-refractivity contribution in [3.63, 3.8) is 0 Å². The van der Waals surface area contributed by atoms with Gasteiger partial charge in [-0.1, -0.05) is 6.92 Å². The molecule has 1 saturated heterocycles. The molecule has 2 rings (SSSR count). The molecule has 0 bridgehead atoms. The van der Waals surface area contributed by atoms with E-state index in [1.54, 1.807) is 31.2 Å². The van der Waals surface area contributed by atoms with Crippen LogP contribution in [0.15, 0.2) is 24.3 Å². The Bertz CT molecular complexity index is 646. The summed E-state index contributed by atoms with van der Waals surface area (Å²) in [5, 5.41) is 2.77. The summed E-state index contributed by atoms with van der Waals surface area (Å²) in [6.07, 6.45) is 2.12. The molecule has 1 amide bonds. The highest BCUT2D eigenvalue weighted by atomic mass is 35.5. The minimum Gasteiger partial charge on any atom is -0.381 e. The first-order chi connectivity index (χ1) is 11.4. The number of hydrogen-bond donors (Lipinski definition) is 3. The molecular weight excluding hydrogens is 366 g/mol. The van der Waals surface area contributed by atoms with Gasteiger partial charge in [0.1, 0.15) is 0 Å². The Morgan fingerprint density at radius 2 is 1.80 bits per heavy atom. The van der Waals surface area contributed by atoms with Gasteiger partial charge in [0, 0.05) is 24.6 Å². The molecule has 1 aromatic carbocycles. The third-order valence-electron chi connectivity index (χ3n) is 3.98. The van der Waals surface area contributed by atoms with Crippen molar-refractivity contribution in [1.29, 1.82) is 0 Å². The van der Waals surface area contributed by atoms with Gasteiger partial charge in [-0.05, 0) is 49.4 Å². The summed E-state index contributed by atoms with van der Waals surface area (Å²) < 4.78 is 31.2. The number of carbonyl (C=O) groups excluding carboxylic acids is 1. The number of amides is 1. The number of halogens is 1. The average molecular weight is 392 g/mol. The first-order valence-electron chi connectivity index (χ1n) is 8.16. The predicted octanol–water partition coefficient (Wildman–Crippen LogP) is 1.95. The fourth-order valence-corrected chi connectivity index (χ4v) is 3.77. The summed E-state index contributed by atoms with van der Waals surface area (Å²) >= 11 is 0. The number of ether oxygens (including phenoxy) is 1. The Balaban J connectivity index is 0.00000312. The second-order valence-corrected chi connectivity index (χ2v) is 7.80. The Hall–Kier alpha value is -1.35. The molecule has 4 N–H and O–H groups in total. The van der Waals surface area contributed by atoms with Crippen LogP contribution >= 0.6 is 12.4 Å². The fourth-order valence-electron chi connectivity index (χ4n) is 2.64. The Morgan fingerprint density at radius 1 is 1.24 bits per heavy atom. The van der Waals surface area contributed by atoms with Gasteiger partial charge >= 0.3 is 0 Å². The normalized spacial score (nSPS) is 16.6. The number of nitrogens with one attached hydrogen (secondary N) is 2. The number of hydrogen-bond acceptors (Lipinski definition) is 5. The molecule has 0 spiro atoms. The lowest BCUT2D eigenvalue weighted by Gasteiger charge is -2.26. The van der Waals surface area contributed by atoms with Crippen molar-refractivity contribution < 1.29 is 17.9 Å². The van der Waals surface area contributed by atoms with Crippen molar-refractivity contribution in [2.75, 3.05) is 29.0 Å². The maximum absolute atomic E-state index is 12.2. The van der Waals surface area contributed by atoms with Gasteiger partial charge in [-0.25, -0.2) is 8.42 Å². The molecule has 0 aromatic heterocycles. The number of benzene rings is 1. The summed E-state index contributed by atoms with van der Waals surface area (Å²) in [4.78, 5) is 12.2. The summed E-state index contributed by atoms with van der Waals surface area (Å²) in [5.74, 6) is -0.0362. The zero-order valence-corrected chi connectivity index (χ0v) is 15.9. The molecule has 1 heterocycles. The van der Waals surface area contributed by atoms with Gasteiger partial charge in [0.2, 0.25) is 15.9 Å². The molecule has 142 valence electrons. The molecule has 0 saturated carbocycles. The smallest absolute Gasteiger partial charge is 0.241 e. The van der Waals surface area contributed by atoms with Crippen LogP contribution in [-0.2, 0) is 19.6 Å². The SMILES string of the molecule is CCCS(=O)(=O)Nc1ccc(NC(=O)C(N)C2CCOCC2)cc1.Cl. The Morgan fingerprint density at radius 3 is 2.36 bits per heavy atom. The number of sulfonamides is 1. The Kier molecular flexibility index (Phi) is 8.64. The number of rotatable bonds is 7. The van der Waals surface area contributed by atoms with Gasteiger partial charge in [-0.2, -0.15) is 0 Å². The lowest BCUT2D eigenvalue weighted by atomic mass is 9.92. The molecule has 1 atom stereocenters. The van der Waals surface area contributed by atoms with Crippen LogP contribution < -0.4 is 15.8 Å². The van der Waals surface area contributed by atoms with Crippen LogP contribution in [0.25, 0.3) is 0 Å². The molecule has 1 unspecified atom stereocenters. The van der Waals surface area contributed by atoms with Gasteiger partial charge in [0.15, 0.2) is 0 Å². The maximum atomic E-state index is 12.2. The monoisotopic (exact) mass is 391 g/mol. The van der Waals surface area contributed by atoms with E-state index in [4.69, 9.17) is 10.5 Å². The van der Waals surface area contributed by atoms with E-state index in [9.17, 15) is 13.2 Å². The van der Waals surface area contributed by atoms with E-state index in [1.807, 2.05) is 0 Å². The van der Waals surface area contributed by atoms with Gasteiger partial charge in [-0.3, -0.25) is 9.52 Å². The van der Waals surface area contributed by atoms with Crippen LogP contribution in [0.5, 0.6) is 0 Å². The standard InChI is InChI=1S/C16H25N3O4S.ClH/c1-2-11-24(21,22)19-14-5-3-13(4-6-14)18-16(20)15(17)12-7-9-23-10-8-12;/h3-6,12,15,19H,2,7-11,17H2,1H3,(H,18,20);1H. The minimum absolute atomic E-state index is 0. The lowest BCUT2D eigenvalue weighted by molar-refractivity contribution is -0.119. The molecular formula is C16H26ClN3O4S. The first kappa shape index (κ1) is 21.7. The van der Waals surface area contributed by atoms with Gasteiger partial charge in [0.25, 0.3) is 0 Å². The number of carbonyl (C=O) groups is 1. The van der Waals surface area contributed by atoms with Crippen LogP contribution in [0, 0.1) is 5.92 Å². The van der Waals surface area contributed by atoms with Crippen molar-refractivity contribution in [3.8, 4) is 0 Å². The maximum Gasteiger partial charge on any atom is 0.241 e. The van der Waals surface area contributed by atoms with Gasteiger partial charge < -0.3 is 15.8 Å². The summed E-state index contributed by atoms with van der Waals surface area (Å²) in [6, 6.07) is 5.96. The van der Waals surface area contributed by atoms with Crippen LogP contribution in [0.2, 0.25) is 0 Å². The van der Waals surface area contributed by atoms with E-state index in [0.717, 1.165) is 12.8 Å². The molecule has 25 heavy (non-hydrogen) atoms. The molecule has 0 radical (unpaired) electrons. The van der Waals surface area contributed by atoms with E-state index < -0.39 is 16.1 Å². The second kappa shape index (κ2) is 9.96. The molecule has 9 heteroatoms. The quantitative estimate of drug-likeness (QED) is 0.657. The highest BCUT2D eigenvalue weighted by molar-refractivity contribution is 7.92. The van der Waals surface area contributed by atoms with E-state index in [1.165, 1.54) is 0 Å². The molecule has 1 aliphatic heterocycles. The van der Waals surface area contributed by atoms with E-state index in [2.05, 4.69) is 10.0 Å². The summed E-state index contributed by atoms with van der Waals surface area (Å²) in [7, 11) is -3.32. The predicted molar refractivity (Wildman–Crippen MR) is 102 cm³/mol. The molecule has 1 fully saturated rings. The van der Waals surface area contributed by atoms with Crippen LogP contribution in [-0.4, -0.2) is 39.3 Å². The second-order valence-electron chi connectivity index (χ2n) is 5.96. The molecule has 1 aromatic rings. The van der Waals surface area contributed by atoms with Gasteiger partial charge in [0.05, 0.1) is 11.8 Å². The zero-order valence-electron chi connectivity index (χ0n) is 14.2. The average Bonchev–Trinajstić information content (AvgIpc) is 2.56. The lowest BCUT2D eigenvalue weighted by Crippen LogP contribution is -2.43. The number of anilines is 2. The summed E-state index contributed by atoms with van der Waals surface area (Å²) in [5.41, 5.74) is 7.08. The van der Waals surface area contributed by atoms with Crippen molar-refractivity contribution >= 4 is 39.7 Å². The van der Waals surface area contributed by atoms with Crippen LogP contribution in [0.1, 0.15) is 26.2 Å². The largest absolute Gasteiger partial charge is 0.381 e. The highest BCUT2D eigenvalue weighted by Gasteiger charge is 2.26.